The molecule has 1 aromatic rings. The molecule has 0 aromatic carbocycles. The lowest BCUT2D eigenvalue weighted by molar-refractivity contribution is 0.586. The van der Waals surface area contributed by atoms with Gasteiger partial charge in [-0.2, -0.15) is 0 Å². The number of hydrogen-bond acceptors (Lipinski definition) is 4. The lowest BCUT2D eigenvalue weighted by Gasteiger charge is -2.28. The number of halogens is 1. The molecule has 0 N–H and O–H groups in total. The van der Waals surface area contributed by atoms with Crippen molar-refractivity contribution in [1.29, 1.82) is 0 Å². The third-order valence-corrected chi connectivity index (χ3v) is 4.55. The zero-order valence-corrected chi connectivity index (χ0v) is 10.3. The predicted octanol–water partition coefficient (Wildman–Crippen LogP) is 1.06. The molecule has 6 heteroatoms. The van der Waals surface area contributed by atoms with E-state index in [4.69, 9.17) is 11.6 Å². The van der Waals surface area contributed by atoms with Crippen LogP contribution in [-0.2, 0) is 15.7 Å². The molecule has 0 amide bonds. The first-order valence-corrected chi connectivity index (χ1v) is 7.43. The van der Waals surface area contributed by atoms with Crippen molar-refractivity contribution < 1.29 is 8.42 Å². The van der Waals surface area contributed by atoms with Gasteiger partial charge in [-0.15, -0.1) is 11.6 Å². The Bertz CT molecular complexity index is 461. The summed E-state index contributed by atoms with van der Waals surface area (Å²) in [6.07, 6.45) is 1.70. The summed E-state index contributed by atoms with van der Waals surface area (Å²) in [6.45, 7) is 1.01. The van der Waals surface area contributed by atoms with E-state index in [1.165, 1.54) is 0 Å². The van der Waals surface area contributed by atoms with Gasteiger partial charge in [0.15, 0.2) is 9.84 Å². The highest BCUT2D eigenvalue weighted by atomic mass is 35.5. The quantitative estimate of drug-likeness (QED) is 0.746. The average Bonchev–Trinajstić information content (AvgIpc) is 2.29. The molecule has 1 aromatic heterocycles. The second-order valence-corrected chi connectivity index (χ2v) is 6.33. The Morgan fingerprint density at radius 2 is 2.06 bits per heavy atom. The van der Waals surface area contributed by atoms with E-state index in [1.54, 1.807) is 6.20 Å². The smallest absolute Gasteiger partial charge is 0.153 e. The molecular formula is C10H13ClN2O2S. The Labute approximate surface area is 100 Å². The Morgan fingerprint density at radius 3 is 2.69 bits per heavy atom. The average molecular weight is 261 g/mol. The fraction of sp³-hybridized carbons (Fsp3) is 0.500. The molecule has 2 rings (SSSR count). The highest BCUT2D eigenvalue weighted by Crippen LogP contribution is 2.20. The van der Waals surface area contributed by atoms with Gasteiger partial charge in [0.05, 0.1) is 17.4 Å². The third-order valence-electron chi connectivity index (χ3n) is 2.66. The first-order chi connectivity index (χ1) is 7.62. The Morgan fingerprint density at radius 1 is 1.38 bits per heavy atom. The molecule has 0 saturated carbocycles. The molecule has 2 heterocycles. The number of rotatable bonds is 2. The SMILES string of the molecule is O=S1(=O)CCN(c2ncccc2CCl)CC1. The maximum Gasteiger partial charge on any atom is 0.153 e. The number of aromatic nitrogens is 1. The van der Waals surface area contributed by atoms with E-state index in [2.05, 4.69) is 4.98 Å². The topological polar surface area (TPSA) is 50.3 Å². The summed E-state index contributed by atoms with van der Waals surface area (Å²) in [7, 11) is -2.85. The molecule has 0 bridgehead atoms. The van der Waals surface area contributed by atoms with Crippen molar-refractivity contribution in [2.24, 2.45) is 0 Å². The second-order valence-electron chi connectivity index (χ2n) is 3.76. The number of hydrogen-bond donors (Lipinski definition) is 0. The van der Waals surface area contributed by atoms with Gasteiger partial charge in [0.25, 0.3) is 0 Å². The molecule has 4 nitrogen and oxygen atoms in total. The zero-order valence-electron chi connectivity index (χ0n) is 8.76. The minimum Gasteiger partial charge on any atom is -0.354 e. The van der Waals surface area contributed by atoms with Crippen LogP contribution in [-0.4, -0.2) is 38.0 Å². The Balaban J connectivity index is 2.20. The number of anilines is 1. The lowest BCUT2D eigenvalue weighted by atomic mass is 10.2. The Hall–Kier alpha value is -0.810. The van der Waals surface area contributed by atoms with Crippen LogP contribution in [0.3, 0.4) is 0 Å². The lowest BCUT2D eigenvalue weighted by Crippen LogP contribution is -2.41. The van der Waals surface area contributed by atoms with E-state index in [0.717, 1.165) is 11.4 Å². The molecule has 0 radical (unpaired) electrons. The highest BCUT2D eigenvalue weighted by molar-refractivity contribution is 7.91. The van der Waals surface area contributed by atoms with Crippen molar-refractivity contribution in [1.82, 2.24) is 4.98 Å². The van der Waals surface area contributed by atoms with E-state index in [-0.39, 0.29) is 11.5 Å². The van der Waals surface area contributed by atoms with E-state index >= 15 is 0 Å². The zero-order chi connectivity index (χ0) is 11.6. The van der Waals surface area contributed by atoms with Crippen LogP contribution in [0.25, 0.3) is 0 Å². The summed E-state index contributed by atoms with van der Waals surface area (Å²) in [6, 6.07) is 3.75. The van der Waals surface area contributed by atoms with Crippen LogP contribution in [0.2, 0.25) is 0 Å². The van der Waals surface area contributed by atoms with Gasteiger partial charge < -0.3 is 4.90 Å². The van der Waals surface area contributed by atoms with Crippen molar-refractivity contribution in [2.45, 2.75) is 5.88 Å². The fourth-order valence-corrected chi connectivity index (χ4v) is 3.15. The molecule has 1 saturated heterocycles. The summed E-state index contributed by atoms with van der Waals surface area (Å²) in [5.74, 6) is 1.61. The molecule has 1 aliphatic rings. The minimum absolute atomic E-state index is 0.200. The van der Waals surface area contributed by atoms with Gasteiger partial charge in [-0.1, -0.05) is 6.07 Å². The van der Waals surface area contributed by atoms with Crippen molar-refractivity contribution in [3.05, 3.63) is 23.9 Å². The number of nitrogens with zero attached hydrogens (tertiary/aromatic N) is 2. The molecule has 0 spiro atoms. The van der Waals surface area contributed by atoms with Gasteiger partial charge in [-0.25, -0.2) is 13.4 Å². The van der Waals surface area contributed by atoms with E-state index in [0.29, 0.717) is 19.0 Å². The van der Waals surface area contributed by atoms with Gasteiger partial charge in [0, 0.05) is 24.8 Å². The summed E-state index contributed by atoms with van der Waals surface area (Å²) in [5.41, 5.74) is 0.948. The van der Waals surface area contributed by atoms with Crippen LogP contribution in [0, 0.1) is 0 Å². The van der Waals surface area contributed by atoms with Gasteiger partial charge in [0.2, 0.25) is 0 Å². The molecular weight excluding hydrogens is 248 g/mol. The van der Waals surface area contributed by atoms with E-state index < -0.39 is 9.84 Å². The van der Waals surface area contributed by atoms with Crippen LogP contribution < -0.4 is 4.90 Å². The number of sulfone groups is 1. The molecule has 1 fully saturated rings. The van der Waals surface area contributed by atoms with Crippen LogP contribution in [0.15, 0.2) is 18.3 Å². The first kappa shape index (κ1) is 11.7. The summed E-state index contributed by atoms with van der Waals surface area (Å²) >= 11 is 5.82. The number of pyridine rings is 1. The molecule has 0 atom stereocenters. The van der Waals surface area contributed by atoms with Gasteiger partial charge in [-0.3, -0.25) is 0 Å². The van der Waals surface area contributed by atoms with Gasteiger partial charge in [0.1, 0.15) is 5.82 Å². The predicted molar refractivity (Wildman–Crippen MR) is 64.7 cm³/mol. The van der Waals surface area contributed by atoms with E-state index in [9.17, 15) is 8.42 Å². The molecule has 1 aliphatic heterocycles. The highest BCUT2D eigenvalue weighted by Gasteiger charge is 2.23. The number of alkyl halides is 1. The normalized spacial score (nSPS) is 19.7. The third kappa shape index (κ3) is 2.47. The molecule has 0 aliphatic carbocycles. The Kier molecular flexibility index (Phi) is 3.35. The van der Waals surface area contributed by atoms with Crippen LogP contribution in [0.5, 0.6) is 0 Å². The molecule has 0 unspecified atom stereocenters. The van der Waals surface area contributed by atoms with Crippen molar-refractivity contribution in [2.75, 3.05) is 29.5 Å². The largest absolute Gasteiger partial charge is 0.354 e. The van der Waals surface area contributed by atoms with Gasteiger partial charge >= 0.3 is 0 Å². The van der Waals surface area contributed by atoms with Gasteiger partial charge in [-0.05, 0) is 6.07 Å². The minimum atomic E-state index is -2.85. The maximum absolute atomic E-state index is 11.3. The summed E-state index contributed by atoms with van der Waals surface area (Å²) < 4.78 is 22.6. The van der Waals surface area contributed by atoms with Crippen molar-refractivity contribution in [3.8, 4) is 0 Å². The maximum atomic E-state index is 11.3. The summed E-state index contributed by atoms with van der Waals surface area (Å²) in [4.78, 5) is 6.25. The summed E-state index contributed by atoms with van der Waals surface area (Å²) in [5, 5.41) is 0. The first-order valence-electron chi connectivity index (χ1n) is 5.07. The second kappa shape index (κ2) is 4.59. The van der Waals surface area contributed by atoms with Crippen molar-refractivity contribution >= 4 is 27.3 Å². The fourth-order valence-electron chi connectivity index (χ4n) is 1.74. The molecule has 16 heavy (non-hydrogen) atoms. The van der Waals surface area contributed by atoms with Crippen molar-refractivity contribution in [3.63, 3.8) is 0 Å². The monoisotopic (exact) mass is 260 g/mol. The van der Waals surface area contributed by atoms with E-state index in [1.807, 2.05) is 17.0 Å². The standard InChI is InChI=1S/C10H13ClN2O2S/c11-8-9-2-1-3-12-10(9)13-4-6-16(14,15)7-5-13/h1-3H,4-8H2. The van der Waals surface area contributed by atoms with Crippen LogP contribution in [0.1, 0.15) is 5.56 Å². The molecule has 88 valence electrons. The van der Waals surface area contributed by atoms with Crippen LogP contribution in [0.4, 0.5) is 5.82 Å². The van der Waals surface area contributed by atoms with Crippen LogP contribution >= 0.6 is 11.6 Å².